The maximum atomic E-state index is 6.12. The maximum absolute atomic E-state index is 6.12. The van der Waals surface area contributed by atoms with Crippen molar-refractivity contribution in [3.05, 3.63) is 58.7 Å². The quantitative estimate of drug-likeness (QED) is 0.242. The monoisotopic (exact) mass is 528 g/mol. The predicted molar refractivity (Wildman–Crippen MR) is 130 cm³/mol. The van der Waals surface area contributed by atoms with Crippen molar-refractivity contribution in [2.75, 3.05) is 27.8 Å². The number of rotatable bonds is 7. The van der Waals surface area contributed by atoms with Crippen LogP contribution in [0.25, 0.3) is 10.9 Å². The molecule has 1 heterocycles. The molecule has 2 aromatic carbocycles. The number of benzene rings is 2. The van der Waals surface area contributed by atoms with E-state index in [0.29, 0.717) is 18.0 Å². The van der Waals surface area contributed by atoms with E-state index in [0.717, 1.165) is 40.4 Å². The number of H-pyrrole nitrogens is 1. The van der Waals surface area contributed by atoms with E-state index < -0.39 is 0 Å². The molecule has 3 aromatic rings. The molecule has 0 saturated heterocycles. The molecule has 0 unspecified atom stereocenters. The Bertz CT molecular complexity index is 974. The van der Waals surface area contributed by atoms with Gasteiger partial charge in [0.2, 0.25) is 0 Å². The smallest absolute Gasteiger partial charge is 0.191 e. The number of guanidine groups is 1. The number of nitrogens with zero attached hydrogens (tertiary/aromatic N) is 1. The van der Waals surface area contributed by atoms with Crippen LogP contribution in [0.5, 0.6) is 11.5 Å². The molecule has 0 aliphatic carbocycles. The van der Waals surface area contributed by atoms with Crippen LogP contribution < -0.4 is 20.1 Å². The molecule has 0 amide bonds. The SMILES string of the molecule is CN=C(NCCc1c[nH]c2ccc(Cl)cc12)NCc1ccc(OC)c(OC)c1.I. The summed E-state index contributed by atoms with van der Waals surface area (Å²) in [7, 11) is 5.02. The average Bonchev–Trinajstić information content (AvgIpc) is 3.12. The van der Waals surface area contributed by atoms with Crippen LogP contribution in [0.15, 0.2) is 47.6 Å². The van der Waals surface area contributed by atoms with Gasteiger partial charge < -0.3 is 25.1 Å². The zero-order valence-corrected chi connectivity index (χ0v) is 19.8. The third-order valence-electron chi connectivity index (χ3n) is 4.55. The van der Waals surface area contributed by atoms with E-state index in [1.54, 1.807) is 21.3 Å². The van der Waals surface area contributed by atoms with Gasteiger partial charge in [-0.1, -0.05) is 17.7 Å². The molecular weight excluding hydrogens is 503 g/mol. The van der Waals surface area contributed by atoms with Gasteiger partial charge in [-0.15, -0.1) is 24.0 Å². The molecule has 6 nitrogen and oxygen atoms in total. The summed E-state index contributed by atoms with van der Waals surface area (Å²) in [5, 5.41) is 8.56. The second-order valence-electron chi connectivity index (χ2n) is 6.30. The summed E-state index contributed by atoms with van der Waals surface area (Å²) in [6.45, 7) is 1.38. The highest BCUT2D eigenvalue weighted by Gasteiger charge is 2.07. The van der Waals surface area contributed by atoms with Gasteiger partial charge in [0.1, 0.15) is 0 Å². The van der Waals surface area contributed by atoms with E-state index in [4.69, 9.17) is 21.1 Å². The van der Waals surface area contributed by atoms with Crippen molar-refractivity contribution in [1.82, 2.24) is 15.6 Å². The van der Waals surface area contributed by atoms with Crippen molar-refractivity contribution in [3.8, 4) is 11.5 Å². The lowest BCUT2D eigenvalue weighted by Crippen LogP contribution is -2.37. The average molecular weight is 529 g/mol. The lowest BCUT2D eigenvalue weighted by Gasteiger charge is -2.13. The van der Waals surface area contributed by atoms with Gasteiger partial charge in [0.15, 0.2) is 17.5 Å². The number of hydrogen-bond acceptors (Lipinski definition) is 3. The number of fused-ring (bicyclic) bond motifs is 1. The van der Waals surface area contributed by atoms with Crippen LogP contribution in [0, 0.1) is 0 Å². The molecule has 156 valence electrons. The van der Waals surface area contributed by atoms with Gasteiger partial charge in [0, 0.05) is 42.3 Å². The van der Waals surface area contributed by atoms with Crippen LogP contribution in [0.4, 0.5) is 0 Å². The highest BCUT2D eigenvalue weighted by atomic mass is 127. The highest BCUT2D eigenvalue weighted by Crippen LogP contribution is 2.27. The molecule has 0 bridgehead atoms. The van der Waals surface area contributed by atoms with Crippen LogP contribution in [0.2, 0.25) is 5.02 Å². The summed E-state index contributed by atoms with van der Waals surface area (Å²) >= 11 is 6.12. The Morgan fingerprint density at radius 3 is 2.59 bits per heavy atom. The minimum Gasteiger partial charge on any atom is -0.493 e. The summed E-state index contributed by atoms with van der Waals surface area (Å²) in [6, 6.07) is 11.7. The van der Waals surface area contributed by atoms with Crippen molar-refractivity contribution < 1.29 is 9.47 Å². The Hall–Kier alpha value is -2.13. The first kappa shape index (κ1) is 23.2. The fourth-order valence-electron chi connectivity index (χ4n) is 3.07. The van der Waals surface area contributed by atoms with Gasteiger partial charge in [-0.05, 0) is 47.9 Å². The van der Waals surface area contributed by atoms with E-state index >= 15 is 0 Å². The fraction of sp³-hybridized carbons (Fsp3) is 0.286. The summed E-state index contributed by atoms with van der Waals surface area (Å²) in [6.07, 6.45) is 2.89. The second-order valence-corrected chi connectivity index (χ2v) is 6.73. The van der Waals surface area contributed by atoms with Crippen LogP contribution in [-0.4, -0.2) is 38.8 Å². The van der Waals surface area contributed by atoms with E-state index in [-0.39, 0.29) is 24.0 Å². The summed E-state index contributed by atoms with van der Waals surface area (Å²) in [4.78, 5) is 7.56. The van der Waals surface area contributed by atoms with Crippen molar-refractivity contribution in [3.63, 3.8) is 0 Å². The van der Waals surface area contributed by atoms with Crippen molar-refractivity contribution in [1.29, 1.82) is 0 Å². The first-order valence-electron chi connectivity index (χ1n) is 9.05. The van der Waals surface area contributed by atoms with Gasteiger partial charge in [-0.3, -0.25) is 4.99 Å². The minimum atomic E-state index is 0. The molecule has 8 heteroatoms. The van der Waals surface area contributed by atoms with Crippen LogP contribution in [0.1, 0.15) is 11.1 Å². The van der Waals surface area contributed by atoms with E-state index in [1.165, 1.54) is 5.56 Å². The van der Waals surface area contributed by atoms with Crippen LogP contribution in [-0.2, 0) is 13.0 Å². The predicted octanol–water partition coefficient (Wildman–Crippen LogP) is 4.36. The lowest BCUT2D eigenvalue weighted by molar-refractivity contribution is 0.354. The number of halogens is 2. The van der Waals surface area contributed by atoms with Crippen molar-refractivity contribution in [2.45, 2.75) is 13.0 Å². The Labute approximate surface area is 193 Å². The van der Waals surface area contributed by atoms with E-state index in [2.05, 4.69) is 20.6 Å². The number of nitrogens with one attached hydrogen (secondary N) is 3. The first-order chi connectivity index (χ1) is 13.6. The normalized spacial score (nSPS) is 11.1. The minimum absolute atomic E-state index is 0. The molecule has 3 rings (SSSR count). The van der Waals surface area contributed by atoms with Crippen LogP contribution in [0.3, 0.4) is 0 Å². The number of ether oxygens (including phenoxy) is 2. The fourth-order valence-corrected chi connectivity index (χ4v) is 3.24. The second kappa shape index (κ2) is 11.2. The van der Waals surface area contributed by atoms with Gasteiger partial charge in [-0.25, -0.2) is 0 Å². The molecule has 29 heavy (non-hydrogen) atoms. The van der Waals surface area contributed by atoms with Crippen molar-refractivity contribution >= 4 is 52.4 Å². The molecule has 0 spiro atoms. The topological polar surface area (TPSA) is 70.7 Å². The molecular formula is C21H26ClIN4O2. The third-order valence-corrected chi connectivity index (χ3v) is 4.78. The lowest BCUT2D eigenvalue weighted by atomic mass is 10.1. The highest BCUT2D eigenvalue weighted by molar-refractivity contribution is 14.0. The van der Waals surface area contributed by atoms with Gasteiger partial charge >= 0.3 is 0 Å². The Morgan fingerprint density at radius 2 is 1.86 bits per heavy atom. The molecule has 0 aliphatic rings. The van der Waals surface area contributed by atoms with E-state index in [1.807, 2.05) is 42.6 Å². The Kier molecular flexibility index (Phi) is 8.91. The number of aromatic amines is 1. The number of hydrogen-bond donors (Lipinski definition) is 3. The Morgan fingerprint density at radius 1 is 1.07 bits per heavy atom. The molecule has 1 aromatic heterocycles. The third kappa shape index (κ3) is 5.93. The Balaban J connectivity index is 0.00000300. The first-order valence-corrected chi connectivity index (χ1v) is 9.43. The zero-order chi connectivity index (χ0) is 19.9. The summed E-state index contributed by atoms with van der Waals surface area (Å²) in [5.41, 5.74) is 3.39. The standard InChI is InChI=1S/C21H25ClN4O2.HI/c1-23-21(26-12-14-4-7-19(27-2)20(10-14)28-3)24-9-8-15-13-25-18-6-5-16(22)11-17(15)18;/h4-7,10-11,13,25H,8-9,12H2,1-3H3,(H2,23,24,26);1H. The molecule has 3 N–H and O–H groups in total. The summed E-state index contributed by atoms with van der Waals surface area (Å²) in [5.74, 6) is 2.17. The molecule has 0 atom stereocenters. The summed E-state index contributed by atoms with van der Waals surface area (Å²) < 4.78 is 10.6. The maximum Gasteiger partial charge on any atom is 0.191 e. The number of methoxy groups -OCH3 is 2. The van der Waals surface area contributed by atoms with Gasteiger partial charge in [0.25, 0.3) is 0 Å². The molecule has 0 aliphatic heterocycles. The molecule has 0 fully saturated rings. The van der Waals surface area contributed by atoms with Gasteiger partial charge in [0.05, 0.1) is 14.2 Å². The molecule has 0 radical (unpaired) electrons. The number of aromatic nitrogens is 1. The zero-order valence-electron chi connectivity index (χ0n) is 16.7. The van der Waals surface area contributed by atoms with Gasteiger partial charge in [-0.2, -0.15) is 0 Å². The largest absolute Gasteiger partial charge is 0.493 e. The van der Waals surface area contributed by atoms with E-state index in [9.17, 15) is 0 Å². The van der Waals surface area contributed by atoms with Crippen molar-refractivity contribution in [2.24, 2.45) is 4.99 Å². The molecule has 0 saturated carbocycles. The number of aliphatic imine (C=N–C) groups is 1. The van der Waals surface area contributed by atoms with Crippen LogP contribution >= 0.6 is 35.6 Å².